The Labute approximate surface area is 140 Å². The van der Waals surface area contributed by atoms with Gasteiger partial charge in [-0.3, -0.25) is 10.6 Å². The SMILES string of the molecule is CS(=O)(=O)C1CCC(C2CC(NCC3CCCO3)NCN2)CC1. The Bertz CT molecular complexity index is 471. The van der Waals surface area contributed by atoms with E-state index in [0.717, 1.165) is 58.3 Å². The molecule has 1 aliphatic carbocycles. The smallest absolute Gasteiger partial charge is 0.150 e. The first-order valence-electron chi connectivity index (χ1n) is 9.03. The van der Waals surface area contributed by atoms with Crippen molar-refractivity contribution in [2.45, 2.75) is 68.5 Å². The Balaban J connectivity index is 1.43. The maximum atomic E-state index is 11.7. The highest BCUT2D eigenvalue weighted by Gasteiger charge is 2.34. The molecular weight excluding hydrogens is 314 g/mol. The minimum Gasteiger partial charge on any atom is -0.377 e. The molecule has 0 radical (unpaired) electrons. The maximum Gasteiger partial charge on any atom is 0.150 e. The van der Waals surface area contributed by atoms with Crippen LogP contribution in [0, 0.1) is 5.92 Å². The van der Waals surface area contributed by atoms with E-state index in [-0.39, 0.29) is 5.25 Å². The summed E-state index contributed by atoms with van der Waals surface area (Å²) in [6, 6.07) is 0.485. The van der Waals surface area contributed by atoms with Gasteiger partial charge in [0.15, 0.2) is 0 Å². The van der Waals surface area contributed by atoms with Crippen LogP contribution in [0.4, 0.5) is 0 Å². The van der Waals surface area contributed by atoms with Crippen LogP contribution in [0.15, 0.2) is 0 Å². The van der Waals surface area contributed by atoms with Crippen molar-refractivity contribution >= 4 is 9.84 Å². The van der Waals surface area contributed by atoms with Crippen LogP contribution in [0.3, 0.4) is 0 Å². The van der Waals surface area contributed by atoms with Crippen molar-refractivity contribution in [3.63, 3.8) is 0 Å². The van der Waals surface area contributed by atoms with Gasteiger partial charge < -0.3 is 10.1 Å². The van der Waals surface area contributed by atoms with E-state index in [1.54, 1.807) is 0 Å². The van der Waals surface area contributed by atoms with Crippen LogP contribution in [0.25, 0.3) is 0 Å². The Morgan fingerprint density at radius 2 is 1.91 bits per heavy atom. The molecule has 2 heterocycles. The van der Waals surface area contributed by atoms with Crippen LogP contribution < -0.4 is 16.0 Å². The third-order valence-corrected chi connectivity index (χ3v) is 7.39. The van der Waals surface area contributed by atoms with Crippen molar-refractivity contribution < 1.29 is 13.2 Å². The van der Waals surface area contributed by atoms with Gasteiger partial charge in [0.2, 0.25) is 0 Å². The summed E-state index contributed by atoms with van der Waals surface area (Å²) >= 11 is 0. The molecule has 0 spiro atoms. The highest BCUT2D eigenvalue weighted by Crippen LogP contribution is 2.32. The third-order valence-electron chi connectivity index (χ3n) is 5.71. The summed E-state index contributed by atoms with van der Waals surface area (Å²) in [7, 11) is -2.87. The summed E-state index contributed by atoms with van der Waals surface area (Å²) < 4.78 is 29.0. The van der Waals surface area contributed by atoms with Gasteiger partial charge in [-0.15, -0.1) is 0 Å². The predicted molar refractivity (Wildman–Crippen MR) is 90.9 cm³/mol. The van der Waals surface area contributed by atoms with E-state index in [2.05, 4.69) is 16.0 Å². The Kier molecular flexibility index (Phi) is 5.96. The first-order chi connectivity index (χ1) is 11.0. The molecule has 2 saturated heterocycles. The highest BCUT2D eigenvalue weighted by atomic mass is 32.2. The predicted octanol–water partition coefficient (Wildman–Crippen LogP) is 0.594. The topological polar surface area (TPSA) is 79.5 Å². The maximum absolute atomic E-state index is 11.7. The summed E-state index contributed by atoms with van der Waals surface area (Å²) in [4.78, 5) is 0. The first kappa shape index (κ1) is 17.6. The summed E-state index contributed by atoms with van der Waals surface area (Å²) in [6.07, 6.45) is 9.17. The summed E-state index contributed by atoms with van der Waals surface area (Å²) in [5.74, 6) is 0.599. The number of sulfone groups is 1. The van der Waals surface area contributed by atoms with Crippen LogP contribution in [0.2, 0.25) is 0 Å². The molecule has 3 atom stereocenters. The molecule has 3 unspecified atom stereocenters. The first-order valence-corrected chi connectivity index (χ1v) is 11.0. The van der Waals surface area contributed by atoms with Gasteiger partial charge in [-0.2, -0.15) is 0 Å². The van der Waals surface area contributed by atoms with Gasteiger partial charge in [-0.05, 0) is 50.9 Å². The van der Waals surface area contributed by atoms with Crippen molar-refractivity contribution in [2.24, 2.45) is 5.92 Å². The molecule has 134 valence electrons. The second kappa shape index (κ2) is 7.78. The van der Waals surface area contributed by atoms with E-state index >= 15 is 0 Å². The molecule has 3 N–H and O–H groups in total. The van der Waals surface area contributed by atoms with Gasteiger partial charge in [0.25, 0.3) is 0 Å². The molecule has 0 aromatic carbocycles. The minimum absolute atomic E-state index is 0.117. The molecule has 2 aliphatic heterocycles. The van der Waals surface area contributed by atoms with Crippen molar-refractivity contribution in [3.05, 3.63) is 0 Å². The quantitative estimate of drug-likeness (QED) is 0.677. The van der Waals surface area contributed by atoms with Gasteiger partial charge in [0.05, 0.1) is 17.5 Å². The summed E-state index contributed by atoms with van der Waals surface area (Å²) in [5.41, 5.74) is 0. The van der Waals surface area contributed by atoms with E-state index in [0.29, 0.717) is 24.2 Å². The van der Waals surface area contributed by atoms with Gasteiger partial charge in [0, 0.05) is 32.1 Å². The molecule has 0 aromatic rings. The molecule has 3 rings (SSSR count). The molecule has 6 nitrogen and oxygen atoms in total. The largest absolute Gasteiger partial charge is 0.377 e. The lowest BCUT2D eigenvalue weighted by Crippen LogP contribution is -2.59. The molecular formula is C16H31N3O3S. The molecule has 3 fully saturated rings. The van der Waals surface area contributed by atoms with E-state index in [1.165, 1.54) is 12.7 Å². The van der Waals surface area contributed by atoms with E-state index in [1.807, 2.05) is 0 Å². The number of ether oxygens (including phenoxy) is 1. The molecule has 0 aromatic heterocycles. The Morgan fingerprint density at radius 3 is 2.57 bits per heavy atom. The molecule has 1 saturated carbocycles. The van der Waals surface area contributed by atoms with Crippen molar-refractivity contribution in [3.8, 4) is 0 Å². The number of hydrogen-bond donors (Lipinski definition) is 3. The van der Waals surface area contributed by atoms with E-state index < -0.39 is 9.84 Å². The lowest BCUT2D eigenvalue weighted by atomic mass is 9.81. The lowest BCUT2D eigenvalue weighted by Gasteiger charge is -2.39. The van der Waals surface area contributed by atoms with Crippen molar-refractivity contribution in [1.29, 1.82) is 0 Å². The fraction of sp³-hybridized carbons (Fsp3) is 1.00. The van der Waals surface area contributed by atoms with Gasteiger partial charge in [-0.25, -0.2) is 8.42 Å². The Morgan fingerprint density at radius 1 is 1.13 bits per heavy atom. The Hall–Kier alpha value is -0.210. The highest BCUT2D eigenvalue weighted by molar-refractivity contribution is 7.91. The van der Waals surface area contributed by atoms with Crippen molar-refractivity contribution in [2.75, 3.05) is 26.1 Å². The third kappa shape index (κ3) is 4.89. The minimum atomic E-state index is -2.87. The average Bonchev–Trinajstić information content (AvgIpc) is 3.06. The zero-order valence-corrected chi connectivity index (χ0v) is 14.9. The van der Waals surface area contributed by atoms with Crippen LogP contribution in [-0.4, -0.2) is 58.1 Å². The van der Waals surface area contributed by atoms with E-state index in [9.17, 15) is 8.42 Å². The average molecular weight is 346 g/mol. The van der Waals surface area contributed by atoms with Gasteiger partial charge in [-0.1, -0.05) is 0 Å². The number of nitrogens with one attached hydrogen (secondary N) is 3. The number of hydrogen-bond acceptors (Lipinski definition) is 6. The molecule has 0 bridgehead atoms. The second-order valence-corrected chi connectivity index (χ2v) is 9.72. The molecule has 3 aliphatic rings. The van der Waals surface area contributed by atoms with Gasteiger partial charge >= 0.3 is 0 Å². The van der Waals surface area contributed by atoms with Crippen molar-refractivity contribution in [1.82, 2.24) is 16.0 Å². The van der Waals surface area contributed by atoms with Crippen LogP contribution >= 0.6 is 0 Å². The van der Waals surface area contributed by atoms with Crippen LogP contribution in [0.5, 0.6) is 0 Å². The molecule has 23 heavy (non-hydrogen) atoms. The molecule has 0 amide bonds. The fourth-order valence-electron chi connectivity index (χ4n) is 4.25. The monoisotopic (exact) mass is 345 g/mol. The zero-order valence-electron chi connectivity index (χ0n) is 14.1. The van der Waals surface area contributed by atoms with Crippen LogP contribution in [-0.2, 0) is 14.6 Å². The fourth-order valence-corrected chi connectivity index (χ4v) is 5.38. The van der Waals surface area contributed by atoms with Gasteiger partial charge in [0.1, 0.15) is 9.84 Å². The summed E-state index contributed by atoms with van der Waals surface area (Å²) in [5, 5.41) is 10.5. The number of rotatable bonds is 5. The molecule has 7 heteroatoms. The lowest BCUT2D eigenvalue weighted by molar-refractivity contribution is 0.100. The second-order valence-electron chi connectivity index (χ2n) is 7.39. The summed E-state index contributed by atoms with van der Waals surface area (Å²) in [6.45, 7) is 2.64. The van der Waals surface area contributed by atoms with Crippen LogP contribution in [0.1, 0.15) is 44.9 Å². The normalized spacial score (nSPS) is 39.4. The standard InChI is InChI=1S/C16H31N3O3S/c1-23(20,21)14-6-4-12(5-7-14)15-9-16(19-11-18-15)17-10-13-3-2-8-22-13/h12-19H,2-11H2,1H3. The van der Waals surface area contributed by atoms with E-state index in [4.69, 9.17) is 4.74 Å². The zero-order chi connectivity index (χ0) is 16.3.